The second-order valence-electron chi connectivity index (χ2n) is 7.94. The number of rotatable bonds is 3. The first-order valence-corrected chi connectivity index (χ1v) is 10.4. The number of carbonyl (C=O) groups is 1. The summed E-state index contributed by atoms with van der Waals surface area (Å²) in [6.45, 7) is 4.24. The van der Waals surface area contributed by atoms with Crippen LogP contribution in [0.4, 0.5) is 5.82 Å². The number of amides is 1. The van der Waals surface area contributed by atoms with E-state index in [0.717, 1.165) is 44.8 Å². The molecule has 9 heteroatoms. The van der Waals surface area contributed by atoms with Gasteiger partial charge in [-0.15, -0.1) is 0 Å². The lowest BCUT2D eigenvalue weighted by molar-refractivity contribution is -0.00461. The monoisotopic (exact) mass is 398 g/mol. The number of hydrogen-bond acceptors (Lipinski definition) is 7. The minimum atomic E-state index is -0.0000187. The Morgan fingerprint density at radius 2 is 1.79 bits per heavy atom. The number of ether oxygens (including phenoxy) is 2. The topological polar surface area (TPSA) is 85.6 Å². The van der Waals surface area contributed by atoms with E-state index in [1.54, 1.807) is 17.2 Å². The van der Waals surface area contributed by atoms with Gasteiger partial charge >= 0.3 is 0 Å². The van der Waals surface area contributed by atoms with Crippen molar-refractivity contribution in [1.82, 2.24) is 24.6 Å². The van der Waals surface area contributed by atoms with Crippen molar-refractivity contribution in [2.75, 3.05) is 44.3 Å². The Kier molecular flexibility index (Phi) is 5.15. The Morgan fingerprint density at radius 1 is 1.03 bits per heavy atom. The van der Waals surface area contributed by atoms with Crippen LogP contribution in [-0.2, 0) is 9.47 Å². The summed E-state index contributed by atoms with van der Waals surface area (Å²) in [5.41, 5.74) is 0.659. The molecular weight excluding hydrogens is 372 g/mol. The summed E-state index contributed by atoms with van der Waals surface area (Å²) < 4.78 is 14.0. The van der Waals surface area contributed by atoms with Crippen molar-refractivity contribution < 1.29 is 14.3 Å². The maximum absolute atomic E-state index is 12.6. The quantitative estimate of drug-likeness (QED) is 0.766. The second-order valence-corrected chi connectivity index (χ2v) is 7.94. The summed E-state index contributed by atoms with van der Waals surface area (Å²) in [5.74, 6) is 0.939. The van der Waals surface area contributed by atoms with Crippen LogP contribution in [0.2, 0.25) is 0 Å². The molecule has 9 nitrogen and oxygen atoms in total. The number of anilines is 1. The van der Waals surface area contributed by atoms with Gasteiger partial charge in [0.2, 0.25) is 0 Å². The molecular formula is C20H26N6O3. The number of pyridine rings is 1. The number of aromatic nitrogens is 4. The number of fused-ring (bicyclic) bond motifs is 1. The van der Waals surface area contributed by atoms with Crippen LogP contribution in [0.25, 0.3) is 0 Å². The molecule has 2 aromatic heterocycles. The standard InChI is InChI=1S/C20H26N6O3/c27-20(24-6-2-1-3-7-24)15-4-5-19(22-8-15)25-9-17-18(10-25)29-12-16(11-28-17)26-14-21-13-23-26/h4-5,8,13-14,16-18H,1-3,6-7,9-12H2/t17-,18-/m0/s1. The van der Waals surface area contributed by atoms with E-state index in [9.17, 15) is 4.79 Å². The van der Waals surface area contributed by atoms with Crippen molar-refractivity contribution >= 4 is 11.7 Å². The fourth-order valence-corrected chi connectivity index (χ4v) is 4.31. The number of carbonyl (C=O) groups excluding carboxylic acids is 1. The second kappa shape index (κ2) is 8.08. The Labute approximate surface area is 169 Å². The minimum absolute atomic E-state index is 0.0000187. The van der Waals surface area contributed by atoms with E-state index in [4.69, 9.17) is 9.47 Å². The van der Waals surface area contributed by atoms with E-state index in [1.807, 2.05) is 17.0 Å². The van der Waals surface area contributed by atoms with Crippen molar-refractivity contribution in [3.8, 4) is 0 Å². The zero-order valence-corrected chi connectivity index (χ0v) is 16.4. The van der Waals surface area contributed by atoms with E-state index in [1.165, 1.54) is 12.7 Å². The van der Waals surface area contributed by atoms with Crippen molar-refractivity contribution in [2.45, 2.75) is 37.5 Å². The summed E-state index contributed by atoms with van der Waals surface area (Å²) in [6, 6.07) is 3.87. The van der Waals surface area contributed by atoms with Crippen LogP contribution >= 0.6 is 0 Å². The highest BCUT2D eigenvalue weighted by atomic mass is 16.6. The van der Waals surface area contributed by atoms with Gasteiger partial charge < -0.3 is 19.3 Å². The molecule has 0 spiro atoms. The number of piperidine rings is 1. The smallest absolute Gasteiger partial charge is 0.255 e. The van der Waals surface area contributed by atoms with Crippen LogP contribution in [-0.4, -0.2) is 82.2 Å². The van der Waals surface area contributed by atoms with Gasteiger partial charge in [0.15, 0.2) is 0 Å². The van der Waals surface area contributed by atoms with E-state index in [-0.39, 0.29) is 24.2 Å². The Bertz CT molecular complexity index is 805. The molecule has 0 aromatic carbocycles. The van der Waals surface area contributed by atoms with Gasteiger partial charge in [-0.25, -0.2) is 14.6 Å². The molecule has 2 atom stereocenters. The van der Waals surface area contributed by atoms with Crippen molar-refractivity contribution in [3.63, 3.8) is 0 Å². The molecule has 1 amide bonds. The third kappa shape index (κ3) is 3.84. The van der Waals surface area contributed by atoms with Crippen LogP contribution in [0, 0.1) is 0 Å². The normalized spacial score (nSPS) is 25.7. The molecule has 0 aliphatic carbocycles. The van der Waals surface area contributed by atoms with E-state index in [2.05, 4.69) is 20.0 Å². The van der Waals surface area contributed by atoms with Crippen molar-refractivity contribution in [2.24, 2.45) is 0 Å². The van der Waals surface area contributed by atoms with Crippen LogP contribution < -0.4 is 4.90 Å². The van der Waals surface area contributed by atoms with Crippen molar-refractivity contribution in [1.29, 1.82) is 0 Å². The average molecular weight is 398 g/mol. The number of likely N-dealkylation sites (tertiary alicyclic amines) is 1. The highest BCUT2D eigenvalue weighted by molar-refractivity contribution is 5.94. The summed E-state index contributed by atoms with van der Waals surface area (Å²) in [4.78, 5) is 25.3. The maximum Gasteiger partial charge on any atom is 0.255 e. The summed E-state index contributed by atoms with van der Waals surface area (Å²) in [7, 11) is 0. The summed E-state index contributed by atoms with van der Waals surface area (Å²) >= 11 is 0. The molecule has 3 saturated heterocycles. The van der Waals surface area contributed by atoms with Crippen LogP contribution in [0.5, 0.6) is 0 Å². The van der Waals surface area contributed by atoms with E-state index < -0.39 is 0 Å². The number of nitrogens with zero attached hydrogens (tertiary/aromatic N) is 6. The van der Waals surface area contributed by atoms with Gasteiger partial charge in [0, 0.05) is 32.4 Å². The van der Waals surface area contributed by atoms with Gasteiger partial charge in [-0.2, -0.15) is 5.10 Å². The molecule has 0 saturated carbocycles. The molecule has 0 bridgehead atoms. The molecule has 5 heterocycles. The molecule has 3 fully saturated rings. The van der Waals surface area contributed by atoms with Gasteiger partial charge in [0.25, 0.3) is 5.91 Å². The molecule has 2 aromatic rings. The third-order valence-corrected chi connectivity index (χ3v) is 5.99. The molecule has 3 aliphatic heterocycles. The molecule has 5 rings (SSSR count). The maximum atomic E-state index is 12.6. The van der Waals surface area contributed by atoms with Crippen LogP contribution in [0.3, 0.4) is 0 Å². The fourth-order valence-electron chi connectivity index (χ4n) is 4.31. The lowest BCUT2D eigenvalue weighted by Gasteiger charge is -2.26. The Morgan fingerprint density at radius 3 is 2.41 bits per heavy atom. The van der Waals surface area contributed by atoms with Crippen LogP contribution in [0.1, 0.15) is 35.7 Å². The molecule has 0 radical (unpaired) electrons. The molecule has 29 heavy (non-hydrogen) atoms. The van der Waals surface area contributed by atoms with E-state index >= 15 is 0 Å². The lowest BCUT2D eigenvalue weighted by Crippen LogP contribution is -2.35. The molecule has 154 valence electrons. The summed E-state index contributed by atoms with van der Waals surface area (Å²) in [6.07, 6.45) is 8.31. The third-order valence-electron chi connectivity index (χ3n) is 5.99. The van der Waals surface area contributed by atoms with Crippen LogP contribution in [0.15, 0.2) is 31.0 Å². The van der Waals surface area contributed by atoms with Gasteiger partial charge in [-0.3, -0.25) is 4.79 Å². The lowest BCUT2D eigenvalue weighted by atomic mass is 10.1. The van der Waals surface area contributed by atoms with Gasteiger partial charge in [-0.05, 0) is 31.4 Å². The van der Waals surface area contributed by atoms with Crippen molar-refractivity contribution in [3.05, 3.63) is 36.5 Å². The predicted molar refractivity (Wildman–Crippen MR) is 105 cm³/mol. The predicted octanol–water partition coefficient (Wildman–Crippen LogP) is 1.14. The fraction of sp³-hybridized carbons (Fsp3) is 0.600. The molecule has 0 unspecified atom stereocenters. The Balaban J connectivity index is 1.20. The molecule has 3 aliphatic rings. The average Bonchev–Trinajstić information content (AvgIpc) is 3.41. The SMILES string of the molecule is O=C(c1ccc(N2C[C@@H]3OCC(n4cncn4)CO[C@H]3C2)nc1)N1CCCCC1. The first-order chi connectivity index (χ1) is 14.3. The zero-order chi connectivity index (χ0) is 19.6. The highest BCUT2D eigenvalue weighted by Crippen LogP contribution is 2.26. The van der Waals surface area contributed by atoms with Gasteiger partial charge in [0.05, 0.1) is 18.8 Å². The zero-order valence-electron chi connectivity index (χ0n) is 16.4. The number of hydrogen-bond donors (Lipinski definition) is 0. The molecule has 0 N–H and O–H groups in total. The minimum Gasteiger partial charge on any atom is -0.371 e. The van der Waals surface area contributed by atoms with Gasteiger partial charge in [0.1, 0.15) is 36.7 Å². The first-order valence-electron chi connectivity index (χ1n) is 10.4. The summed E-state index contributed by atoms with van der Waals surface area (Å²) in [5, 5.41) is 4.19. The largest absolute Gasteiger partial charge is 0.371 e. The Hall–Kier alpha value is -2.52. The van der Waals surface area contributed by atoms with E-state index in [0.29, 0.717) is 18.8 Å². The van der Waals surface area contributed by atoms with Gasteiger partial charge in [-0.1, -0.05) is 0 Å². The highest BCUT2D eigenvalue weighted by Gasteiger charge is 2.38. The first kappa shape index (κ1) is 18.5.